The molecule has 1 N–H and O–H groups in total. The van der Waals surface area contributed by atoms with E-state index in [4.69, 9.17) is 4.74 Å². The summed E-state index contributed by atoms with van der Waals surface area (Å²) in [7, 11) is 0. The van der Waals surface area contributed by atoms with Gasteiger partial charge in [0.05, 0.1) is 12.8 Å². The first kappa shape index (κ1) is 14.1. The van der Waals surface area contributed by atoms with Crippen LogP contribution < -0.4 is 10.1 Å². The number of imidazole rings is 1. The van der Waals surface area contributed by atoms with Crippen molar-refractivity contribution in [1.82, 2.24) is 19.9 Å². The molecule has 0 bridgehead atoms. The molecular formula is C16H16N4O2. The normalized spacial score (nSPS) is 10.6. The third-order valence-corrected chi connectivity index (χ3v) is 3.12. The highest BCUT2D eigenvalue weighted by Crippen LogP contribution is 2.10. The van der Waals surface area contributed by atoms with Crippen LogP contribution in [0.5, 0.6) is 5.88 Å². The minimum Gasteiger partial charge on any atom is -0.477 e. The second-order valence-electron chi connectivity index (χ2n) is 4.70. The van der Waals surface area contributed by atoms with Crippen LogP contribution in [-0.4, -0.2) is 27.1 Å². The molecule has 0 fully saturated rings. The number of fused-ring (bicyclic) bond motifs is 1. The molecule has 0 aliphatic rings. The summed E-state index contributed by atoms with van der Waals surface area (Å²) in [5, 5.41) is 7.08. The Kier molecular flexibility index (Phi) is 4.00. The Bertz CT molecular complexity index is 783. The lowest BCUT2D eigenvalue weighted by Crippen LogP contribution is -2.23. The van der Waals surface area contributed by atoms with Gasteiger partial charge in [0.2, 0.25) is 5.88 Å². The van der Waals surface area contributed by atoms with Crippen molar-refractivity contribution in [2.75, 3.05) is 6.61 Å². The number of hydrogen-bond acceptors (Lipinski definition) is 4. The summed E-state index contributed by atoms with van der Waals surface area (Å²) >= 11 is 0. The van der Waals surface area contributed by atoms with Gasteiger partial charge in [0, 0.05) is 12.6 Å². The second-order valence-corrected chi connectivity index (χ2v) is 4.70. The molecule has 3 rings (SSSR count). The number of aromatic nitrogens is 3. The van der Waals surface area contributed by atoms with Gasteiger partial charge >= 0.3 is 0 Å². The maximum Gasteiger partial charge on any atom is 0.271 e. The lowest BCUT2D eigenvalue weighted by Gasteiger charge is -2.02. The van der Waals surface area contributed by atoms with Gasteiger partial charge in [0.25, 0.3) is 5.91 Å². The molecule has 1 amide bonds. The Hall–Kier alpha value is -2.89. The quantitative estimate of drug-likeness (QED) is 0.782. The molecule has 0 aliphatic carbocycles. The van der Waals surface area contributed by atoms with E-state index in [0.717, 1.165) is 5.56 Å². The highest BCUT2D eigenvalue weighted by molar-refractivity contribution is 5.92. The van der Waals surface area contributed by atoms with E-state index in [1.807, 2.05) is 37.3 Å². The van der Waals surface area contributed by atoms with Gasteiger partial charge in [0.15, 0.2) is 5.65 Å². The summed E-state index contributed by atoms with van der Waals surface area (Å²) in [5.74, 6) is 0.274. The first-order valence-electron chi connectivity index (χ1n) is 7.07. The molecule has 0 spiro atoms. The highest BCUT2D eigenvalue weighted by Gasteiger charge is 2.11. The highest BCUT2D eigenvalue weighted by atomic mass is 16.5. The minimum atomic E-state index is -0.229. The fourth-order valence-corrected chi connectivity index (χ4v) is 2.07. The van der Waals surface area contributed by atoms with Crippen LogP contribution in [0.4, 0.5) is 0 Å². The summed E-state index contributed by atoms with van der Waals surface area (Å²) in [6, 6.07) is 13.2. The largest absolute Gasteiger partial charge is 0.477 e. The molecule has 0 aliphatic heterocycles. The zero-order valence-electron chi connectivity index (χ0n) is 12.2. The first-order chi connectivity index (χ1) is 10.8. The van der Waals surface area contributed by atoms with Crippen molar-refractivity contribution in [3.63, 3.8) is 0 Å². The van der Waals surface area contributed by atoms with E-state index in [-0.39, 0.29) is 5.91 Å². The van der Waals surface area contributed by atoms with Crippen LogP contribution in [0.15, 0.2) is 48.7 Å². The average molecular weight is 296 g/mol. The Morgan fingerprint density at radius 3 is 2.82 bits per heavy atom. The monoisotopic (exact) mass is 296 g/mol. The smallest absolute Gasteiger partial charge is 0.271 e. The summed E-state index contributed by atoms with van der Waals surface area (Å²) < 4.78 is 6.87. The minimum absolute atomic E-state index is 0.229. The van der Waals surface area contributed by atoms with Gasteiger partial charge in [-0.2, -0.15) is 0 Å². The standard InChI is InChI=1S/C16H16N4O2/c1-2-22-15-9-8-14-18-13(11-20(14)19-15)16(21)17-10-12-6-4-3-5-7-12/h3-9,11H,2,10H2,1H3,(H,17,21). The van der Waals surface area contributed by atoms with Gasteiger partial charge in [-0.1, -0.05) is 30.3 Å². The van der Waals surface area contributed by atoms with Crippen molar-refractivity contribution in [3.8, 4) is 5.88 Å². The molecule has 3 aromatic rings. The van der Waals surface area contributed by atoms with Gasteiger partial charge in [-0.05, 0) is 18.6 Å². The van der Waals surface area contributed by atoms with Crippen LogP contribution in [0.2, 0.25) is 0 Å². The molecule has 1 aromatic carbocycles. The maximum absolute atomic E-state index is 12.2. The molecule has 2 aromatic heterocycles. The Labute approximate surface area is 127 Å². The average Bonchev–Trinajstić information content (AvgIpc) is 2.97. The molecule has 0 radical (unpaired) electrons. The second kappa shape index (κ2) is 6.26. The van der Waals surface area contributed by atoms with Crippen molar-refractivity contribution in [1.29, 1.82) is 0 Å². The fourth-order valence-electron chi connectivity index (χ4n) is 2.07. The summed E-state index contributed by atoms with van der Waals surface area (Å²) in [5.41, 5.74) is 1.97. The molecular weight excluding hydrogens is 280 g/mol. The van der Waals surface area contributed by atoms with E-state index in [1.54, 1.807) is 22.8 Å². The fraction of sp³-hybridized carbons (Fsp3) is 0.188. The summed E-state index contributed by atoms with van der Waals surface area (Å²) in [6.45, 7) is 2.89. The van der Waals surface area contributed by atoms with E-state index in [0.29, 0.717) is 30.4 Å². The maximum atomic E-state index is 12.2. The number of hydrogen-bond donors (Lipinski definition) is 1. The number of carbonyl (C=O) groups excluding carboxylic acids is 1. The van der Waals surface area contributed by atoms with Gasteiger partial charge in [0.1, 0.15) is 5.69 Å². The summed E-state index contributed by atoms with van der Waals surface area (Å²) in [6.07, 6.45) is 1.60. The Morgan fingerprint density at radius 2 is 2.05 bits per heavy atom. The zero-order chi connectivity index (χ0) is 15.4. The number of rotatable bonds is 5. The summed E-state index contributed by atoms with van der Waals surface area (Å²) in [4.78, 5) is 16.4. The molecule has 22 heavy (non-hydrogen) atoms. The SMILES string of the molecule is CCOc1ccc2nc(C(=O)NCc3ccccc3)cn2n1. The van der Waals surface area contributed by atoms with Crippen LogP contribution >= 0.6 is 0 Å². The van der Waals surface area contributed by atoms with Crippen LogP contribution in [0, 0.1) is 0 Å². The number of nitrogens with one attached hydrogen (secondary N) is 1. The number of nitrogens with zero attached hydrogens (tertiary/aromatic N) is 3. The third-order valence-electron chi connectivity index (χ3n) is 3.12. The molecule has 0 saturated heterocycles. The zero-order valence-corrected chi connectivity index (χ0v) is 12.2. The molecule has 6 nitrogen and oxygen atoms in total. The number of amides is 1. The van der Waals surface area contributed by atoms with Gasteiger partial charge in [-0.25, -0.2) is 9.50 Å². The Morgan fingerprint density at radius 1 is 1.23 bits per heavy atom. The lowest BCUT2D eigenvalue weighted by molar-refractivity contribution is 0.0946. The molecule has 0 saturated carbocycles. The van der Waals surface area contributed by atoms with Gasteiger partial charge in [-0.15, -0.1) is 5.10 Å². The van der Waals surface area contributed by atoms with Crippen molar-refractivity contribution in [2.24, 2.45) is 0 Å². The van der Waals surface area contributed by atoms with Gasteiger partial charge in [-0.3, -0.25) is 4.79 Å². The first-order valence-corrected chi connectivity index (χ1v) is 7.07. The van der Waals surface area contributed by atoms with E-state index in [1.165, 1.54) is 0 Å². The molecule has 0 atom stereocenters. The van der Waals surface area contributed by atoms with Crippen molar-refractivity contribution in [3.05, 3.63) is 59.9 Å². The van der Waals surface area contributed by atoms with Crippen LogP contribution in [-0.2, 0) is 6.54 Å². The number of benzene rings is 1. The molecule has 0 unspecified atom stereocenters. The predicted molar refractivity (Wildman–Crippen MR) is 81.8 cm³/mol. The molecule has 6 heteroatoms. The van der Waals surface area contributed by atoms with Crippen LogP contribution in [0.3, 0.4) is 0 Å². The van der Waals surface area contributed by atoms with Crippen molar-refractivity contribution < 1.29 is 9.53 Å². The van der Waals surface area contributed by atoms with E-state index >= 15 is 0 Å². The van der Waals surface area contributed by atoms with Crippen LogP contribution in [0.25, 0.3) is 5.65 Å². The number of ether oxygens (including phenoxy) is 1. The Balaban J connectivity index is 1.73. The van der Waals surface area contributed by atoms with Crippen LogP contribution in [0.1, 0.15) is 23.0 Å². The van der Waals surface area contributed by atoms with Gasteiger partial charge < -0.3 is 10.1 Å². The molecule has 112 valence electrons. The van der Waals surface area contributed by atoms with Crippen molar-refractivity contribution in [2.45, 2.75) is 13.5 Å². The number of carbonyl (C=O) groups is 1. The third kappa shape index (κ3) is 3.06. The topological polar surface area (TPSA) is 68.5 Å². The van der Waals surface area contributed by atoms with Crippen molar-refractivity contribution >= 4 is 11.6 Å². The van der Waals surface area contributed by atoms with E-state index in [9.17, 15) is 4.79 Å². The van der Waals surface area contributed by atoms with E-state index in [2.05, 4.69) is 15.4 Å². The lowest BCUT2D eigenvalue weighted by atomic mass is 10.2. The molecule has 2 heterocycles. The van der Waals surface area contributed by atoms with E-state index < -0.39 is 0 Å². The predicted octanol–water partition coefficient (Wildman–Crippen LogP) is 2.06.